The Hall–Kier alpha value is -1.03. The minimum atomic E-state index is -0.312. The molecule has 74 valence electrons. The highest BCUT2D eigenvalue weighted by Crippen LogP contribution is 2.37. The third kappa shape index (κ3) is 1.90. The van der Waals surface area contributed by atoms with Crippen molar-refractivity contribution in [3.05, 3.63) is 29.6 Å². The smallest absolute Gasteiger partial charge is 0.277 e. The summed E-state index contributed by atoms with van der Waals surface area (Å²) >= 11 is 1.19. The maximum atomic E-state index is 10.8. The molecule has 1 unspecified atom stereocenters. The molecule has 0 spiro atoms. The maximum Gasteiger partial charge on any atom is 0.277 e. The number of carbonyl (C=O) groups is 1. The van der Waals surface area contributed by atoms with Crippen molar-refractivity contribution < 1.29 is 4.79 Å². The molecule has 1 aliphatic carbocycles. The highest BCUT2D eigenvalue weighted by Gasteiger charge is 2.23. The average molecular weight is 208 g/mol. The van der Waals surface area contributed by atoms with Gasteiger partial charge in [0.15, 0.2) is 0 Å². The zero-order chi connectivity index (χ0) is 9.97. The maximum absolute atomic E-state index is 10.8. The van der Waals surface area contributed by atoms with Crippen molar-refractivity contribution in [3.8, 4) is 0 Å². The fraction of sp³-hybridized carbons (Fsp3) is 0.400. The van der Waals surface area contributed by atoms with Gasteiger partial charge in [0.1, 0.15) is 0 Å². The van der Waals surface area contributed by atoms with Crippen LogP contribution in [0.25, 0.3) is 0 Å². The minimum absolute atomic E-state index is 0.164. The summed E-state index contributed by atoms with van der Waals surface area (Å²) in [7, 11) is 0. The van der Waals surface area contributed by atoms with E-state index < -0.39 is 0 Å². The number of primary amides is 1. The van der Waals surface area contributed by atoms with Crippen LogP contribution in [0.1, 0.15) is 29.3 Å². The molecule has 1 atom stereocenters. The van der Waals surface area contributed by atoms with Gasteiger partial charge in [-0.05, 0) is 30.9 Å². The zero-order valence-electron chi connectivity index (χ0n) is 7.77. The second kappa shape index (κ2) is 4.00. The third-order valence-electron chi connectivity index (χ3n) is 2.40. The Morgan fingerprint density at radius 1 is 1.64 bits per heavy atom. The van der Waals surface area contributed by atoms with Gasteiger partial charge in [0.2, 0.25) is 0 Å². The number of nitrogens with two attached hydrogens (primary N) is 1. The van der Waals surface area contributed by atoms with Crippen LogP contribution in [0.15, 0.2) is 18.3 Å². The predicted octanol–water partition coefficient (Wildman–Crippen LogP) is 2.27. The van der Waals surface area contributed by atoms with Gasteiger partial charge in [-0.2, -0.15) is 0 Å². The van der Waals surface area contributed by atoms with Crippen LogP contribution in [0.2, 0.25) is 0 Å². The summed E-state index contributed by atoms with van der Waals surface area (Å²) in [5, 5.41) is -0.147. The highest BCUT2D eigenvalue weighted by molar-refractivity contribution is 8.13. The largest absolute Gasteiger partial charge is 0.360 e. The van der Waals surface area contributed by atoms with Crippen LogP contribution in [-0.2, 0) is 6.42 Å². The molecule has 0 saturated carbocycles. The Kier molecular flexibility index (Phi) is 2.72. The summed E-state index contributed by atoms with van der Waals surface area (Å²) in [5.41, 5.74) is 7.48. The Morgan fingerprint density at radius 2 is 2.50 bits per heavy atom. The quantitative estimate of drug-likeness (QED) is 0.770. The number of carbonyl (C=O) groups excluding carboxylic acids is 1. The van der Waals surface area contributed by atoms with E-state index in [-0.39, 0.29) is 10.5 Å². The van der Waals surface area contributed by atoms with E-state index in [9.17, 15) is 4.79 Å². The summed E-state index contributed by atoms with van der Waals surface area (Å²) in [6.45, 7) is 0. The number of hydrogen-bond acceptors (Lipinski definition) is 3. The molecule has 1 aliphatic rings. The molecule has 1 heterocycles. The van der Waals surface area contributed by atoms with Crippen molar-refractivity contribution in [3.63, 3.8) is 0 Å². The molecular formula is C10H12N2OS. The van der Waals surface area contributed by atoms with Gasteiger partial charge in [0.05, 0.1) is 10.9 Å². The molecule has 0 aromatic carbocycles. The van der Waals surface area contributed by atoms with Crippen LogP contribution < -0.4 is 5.73 Å². The van der Waals surface area contributed by atoms with E-state index in [1.807, 2.05) is 6.07 Å². The number of hydrogen-bond donors (Lipinski definition) is 1. The fourth-order valence-electron chi connectivity index (χ4n) is 1.82. The van der Waals surface area contributed by atoms with Gasteiger partial charge in [-0.25, -0.2) is 0 Å². The predicted molar refractivity (Wildman–Crippen MR) is 57.1 cm³/mol. The lowest BCUT2D eigenvalue weighted by molar-refractivity contribution is 0.267. The molecule has 3 nitrogen and oxygen atoms in total. The van der Waals surface area contributed by atoms with Crippen LogP contribution in [0, 0.1) is 0 Å². The number of aryl methyl sites for hydroxylation is 1. The van der Waals surface area contributed by atoms with E-state index in [4.69, 9.17) is 5.73 Å². The standard InChI is InChI=1S/C10H12N2OS/c11-10(13)14-8-5-1-3-7-4-2-6-12-9(7)8/h2,4,6,8H,1,3,5H2,(H2,11,13). The first-order valence-corrected chi connectivity index (χ1v) is 5.55. The van der Waals surface area contributed by atoms with Gasteiger partial charge < -0.3 is 5.73 Å². The molecule has 1 aromatic heterocycles. The van der Waals surface area contributed by atoms with Gasteiger partial charge in [-0.1, -0.05) is 17.8 Å². The van der Waals surface area contributed by atoms with Gasteiger partial charge in [-0.3, -0.25) is 9.78 Å². The second-order valence-corrected chi connectivity index (χ2v) is 4.57. The minimum Gasteiger partial charge on any atom is -0.360 e. The van der Waals surface area contributed by atoms with Gasteiger partial charge in [0, 0.05) is 6.20 Å². The Balaban J connectivity index is 2.26. The van der Waals surface area contributed by atoms with Gasteiger partial charge >= 0.3 is 0 Å². The van der Waals surface area contributed by atoms with Crippen molar-refractivity contribution in [2.24, 2.45) is 5.73 Å². The summed E-state index contributed by atoms with van der Waals surface area (Å²) in [5.74, 6) is 0. The third-order valence-corrected chi connectivity index (χ3v) is 3.38. The summed E-state index contributed by atoms with van der Waals surface area (Å²) in [6, 6.07) is 4.02. The summed E-state index contributed by atoms with van der Waals surface area (Å²) < 4.78 is 0. The lowest BCUT2D eigenvalue weighted by atomic mass is 9.96. The molecule has 0 radical (unpaired) electrons. The van der Waals surface area contributed by atoms with Crippen LogP contribution in [0.3, 0.4) is 0 Å². The topological polar surface area (TPSA) is 56.0 Å². The molecular weight excluding hydrogens is 196 g/mol. The Labute approximate surface area is 87.1 Å². The van der Waals surface area contributed by atoms with E-state index in [2.05, 4.69) is 11.1 Å². The van der Waals surface area contributed by atoms with Crippen LogP contribution >= 0.6 is 11.8 Å². The molecule has 0 saturated heterocycles. The molecule has 0 aliphatic heterocycles. The van der Waals surface area contributed by atoms with E-state index in [1.165, 1.54) is 17.3 Å². The number of rotatable bonds is 1. The first-order chi connectivity index (χ1) is 6.77. The van der Waals surface area contributed by atoms with Crippen LogP contribution in [-0.4, -0.2) is 10.2 Å². The normalized spacial score (nSPS) is 20.1. The molecule has 2 rings (SSSR count). The Bertz CT molecular complexity index is 354. The first kappa shape index (κ1) is 9.52. The first-order valence-electron chi connectivity index (χ1n) is 4.67. The fourth-order valence-corrected chi connectivity index (χ4v) is 2.71. The molecule has 1 aromatic rings. The second-order valence-electron chi connectivity index (χ2n) is 3.37. The molecule has 14 heavy (non-hydrogen) atoms. The Morgan fingerprint density at radius 3 is 3.29 bits per heavy atom. The highest BCUT2D eigenvalue weighted by atomic mass is 32.2. The molecule has 2 N–H and O–H groups in total. The molecule has 4 heteroatoms. The lowest BCUT2D eigenvalue weighted by Gasteiger charge is -2.22. The van der Waals surface area contributed by atoms with E-state index in [1.54, 1.807) is 6.20 Å². The van der Waals surface area contributed by atoms with Crippen molar-refractivity contribution in [2.75, 3.05) is 0 Å². The number of pyridine rings is 1. The monoisotopic (exact) mass is 208 g/mol. The summed E-state index contributed by atoms with van der Waals surface area (Å²) in [4.78, 5) is 15.2. The molecule has 0 fully saturated rings. The molecule has 0 bridgehead atoms. The average Bonchev–Trinajstić information content (AvgIpc) is 2.18. The van der Waals surface area contributed by atoms with E-state index in [0.717, 1.165) is 25.0 Å². The zero-order valence-corrected chi connectivity index (χ0v) is 8.59. The number of aromatic nitrogens is 1. The van der Waals surface area contributed by atoms with Crippen molar-refractivity contribution in [1.82, 2.24) is 4.98 Å². The van der Waals surface area contributed by atoms with Crippen molar-refractivity contribution >= 4 is 17.0 Å². The number of nitrogens with zero attached hydrogens (tertiary/aromatic N) is 1. The van der Waals surface area contributed by atoms with E-state index >= 15 is 0 Å². The van der Waals surface area contributed by atoms with E-state index in [0.29, 0.717) is 0 Å². The number of thioether (sulfide) groups is 1. The van der Waals surface area contributed by atoms with Crippen LogP contribution in [0.4, 0.5) is 4.79 Å². The SMILES string of the molecule is NC(=O)SC1CCCc2cccnc21. The van der Waals surface area contributed by atoms with Crippen molar-refractivity contribution in [1.29, 1.82) is 0 Å². The van der Waals surface area contributed by atoms with Gasteiger partial charge in [-0.15, -0.1) is 0 Å². The van der Waals surface area contributed by atoms with Crippen molar-refractivity contribution in [2.45, 2.75) is 24.5 Å². The van der Waals surface area contributed by atoms with Crippen LogP contribution in [0.5, 0.6) is 0 Å². The number of amides is 1. The summed E-state index contributed by atoms with van der Waals surface area (Å²) in [6.07, 6.45) is 4.96. The van der Waals surface area contributed by atoms with Gasteiger partial charge in [0.25, 0.3) is 5.24 Å². The molecule has 1 amide bonds. The number of fused-ring (bicyclic) bond motifs is 1. The lowest BCUT2D eigenvalue weighted by Crippen LogP contribution is -2.13.